The molecule has 5 heteroatoms. The van der Waals surface area contributed by atoms with Crippen LogP contribution in [0.3, 0.4) is 0 Å². The highest BCUT2D eigenvalue weighted by molar-refractivity contribution is 5.81. The van der Waals surface area contributed by atoms with Crippen LogP contribution in [0.1, 0.15) is 25.7 Å². The quantitative estimate of drug-likeness (QED) is 0.728. The maximum Gasteiger partial charge on any atom is 0.326 e. The van der Waals surface area contributed by atoms with E-state index in [1.54, 1.807) is 0 Å². The summed E-state index contributed by atoms with van der Waals surface area (Å²) in [5.41, 5.74) is -0.462. The molecule has 0 amide bonds. The minimum Gasteiger partial charge on any atom is -0.468 e. The number of ether oxygens (including phenoxy) is 1. The summed E-state index contributed by atoms with van der Waals surface area (Å²) in [6.45, 7) is 3.97. The maximum atomic E-state index is 12.2. The van der Waals surface area contributed by atoms with E-state index in [9.17, 15) is 4.79 Å². The van der Waals surface area contributed by atoms with Gasteiger partial charge in [-0.1, -0.05) is 0 Å². The third-order valence-electron chi connectivity index (χ3n) is 4.51. The third kappa shape index (κ3) is 3.27. The van der Waals surface area contributed by atoms with Gasteiger partial charge in [-0.05, 0) is 46.3 Å². The van der Waals surface area contributed by atoms with E-state index in [1.807, 2.05) is 14.1 Å². The van der Waals surface area contributed by atoms with Crippen LogP contribution >= 0.6 is 0 Å². The summed E-state index contributed by atoms with van der Waals surface area (Å²) in [5.74, 6) is -0.0854. The minimum absolute atomic E-state index is 0.0854. The number of carbonyl (C=O) groups excluding carboxylic acids is 1. The maximum absolute atomic E-state index is 12.2. The van der Waals surface area contributed by atoms with Crippen molar-refractivity contribution in [3.05, 3.63) is 0 Å². The molecule has 0 bridgehead atoms. The Kier molecular flexibility index (Phi) is 4.81. The van der Waals surface area contributed by atoms with Crippen molar-refractivity contribution in [1.29, 1.82) is 0 Å². The van der Waals surface area contributed by atoms with Crippen molar-refractivity contribution in [2.45, 2.75) is 37.3 Å². The van der Waals surface area contributed by atoms with Crippen molar-refractivity contribution >= 4 is 5.97 Å². The third-order valence-corrected chi connectivity index (χ3v) is 4.51. The molecule has 0 aromatic rings. The molecule has 110 valence electrons. The Labute approximate surface area is 116 Å². The molecule has 0 saturated carbocycles. The topological polar surface area (TPSA) is 44.8 Å². The van der Waals surface area contributed by atoms with Crippen LogP contribution in [0.5, 0.6) is 0 Å². The molecule has 2 fully saturated rings. The number of piperidine rings is 1. The lowest BCUT2D eigenvalue weighted by atomic mass is 9.83. The van der Waals surface area contributed by atoms with Gasteiger partial charge in [-0.15, -0.1) is 0 Å². The van der Waals surface area contributed by atoms with Gasteiger partial charge in [-0.25, -0.2) is 0 Å². The number of fused-ring (bicyclic) bond motifs is 1. The van der Waals surface area contributed by atoms with E-state index >= 15 is 0 Å². The number of hydrogen-bond donors (Lipinski definition) is 1. The zero-order chi connectivity index (χ0) is 13.9. The summed E-state index contributed by atoms with van der Waals surface area (Å²) in [7, 11) is 5.59. The molecular formula is C14H27N3O2. The van der Waals surface area contributed by atoms with Gasteiger partial charge in [0.25, 0.3) is 0 Å². The monoisotopic (exact) mass is 269 g/mol. The second-order valence-electron chi connectivity index (χ2n) is 6.09. The average Bonchev–Trinajstić information content (AvgIpc) is 2.84. The first-order chi connectivity index (χ1) is 9.07. The fourth-order valence-corrected chi connectivity index (χ4v) is 3.39. The molecule has 2 aliphatic rings. The van der Waals surface area contributed by atoms with E-state index in [2.05, 4.69) is 15.1 Å². The van der Waals surface area contributed by atoms with Crippen molar-refractivity contribution in [3.63, 3.8) is 0 Å². The van der Waals surface area contributed by atoms with Gasteiger partial charge in [0.05, 0.1) is 7.11 Å². The Morgan fingerprint density at radius 3 is 2.95 bits per heavy atom. The molecule has 2 rings (SSSR count). The molecule has 1 N–H and O–H groups in total. The summed E-state index contributed by atoms with van der Waals surface area (Å²) in [5, 5.41) is 3.49. The van der Waals surface area contributed by atoms with Gasteiger partial charge in [0.1, 0.15) is 5.54 Å². The fourth-order valence-electron chi connectivity index (χ4n) is 3.39. The highest BCUT2D eigenvalue weighted by Crippen LogP contribution is 2.33. The Morgan fingerprint density at radius 2 is 2.26 bits per heavy atom. The summed E-state index contributed by atoms with van der Waals surface area (Å²) < 4.78 is 5.07. The predicted molar refractivity (Wildman–Crippen MR) is 75.1 cm³/mol. The van der Waals surface area contributed by atoms with E-state index < -0.39 is 5.54 Å². The number of nitrogens with zero attached hydrogens (tertiary/aromatic N) is 2. The minimum atomic E-state index is -0.462. The Bertz CT molecular complexity index is 322. The van der Waals surface area contributed by atoms with Crippen LogP contribution in [0, 0.1) is 0 Å². The van der Waals surface area contributed by atoms with E-state index in [1.165, 1.54) is 26.5 Å². The Hall–Kier alpha value is -0.650. The molecule has 5 nitrogen and oxygen atoms in total. The predicted octanol–water partition coefficient (Wildman–Crippen LogP) is 0.308. The number of rotatable bonds is 5. The summed E-state index contributed by atoms with van der Waals surface area (Å²) in [4.78, 5) is 16.9. The first kappa shape index (κ1) is 14.8. The summed E-state index contributed by atoms with van der Waals surface area (Å²) >= 11 is 0. The van der Waals surface area contributed by atoms with E-state index in [4.69, 9.17) is 4.74 Å². The lowest BCUT2D eigenvalue weighted by Crippen LogP contribution is -2.61. The highest BCUT2D eigenvalue weighted by atomic mass is 16.5. The molecule has 2 aliphatic heterocycles. The van der Waals surface area contributed by atoms with Gasteiger partial charge >= 0.3 is 5.97 Å². The normalized spacial score (nSPS) is 31.5. The molecule has 2 heterocycles. The first-order valence-electron chi connectivity index (χ1n) is 7.29. The van der Waals surface area contributed by atoms with E-state index in [0.29, 0.717) is 6.04 Å². The smallest absolute Gasteiger partial charge is 0.326 e. The first-order valence-corrected chi connectivity index (χ1v) is 7.29. The van der Waals surface area contributed by atoms with E-state index in [0.717, 1.165) is 32.5 Å². The molecule has 2 saturated heterocycles. The number of likely N-dealkylation sites (N-methyl/N-ethyl adjacent to an activating group) is 1. The SMILES string of the molecule is COC(=O)C1(NCCN(C)C)CCN2CCCC2C1. The highest BCUT2D eigenvalue weighted by Gasteiger charge is 2.46. The lowest BCUT2D eigenvalue weighted by molar-refractivity contribution is -0.151. The van der Waals surface area contributed by atoms with Crippen LogP contribution in [0.2, 0.25) is 0 Å². The van der Waals surface area contributed by atoms with Crippen LogP contribution in [-0.2, 0) is 9.53 Å². The molecular weight excluding hydrogens is 242 g/mol. The van der Waals surface area contributed by atoms with Crippen LogP contribution < -0.4 is 5.32 Å². The van der Waals surface area contributed by atoms with Gasteiger partial charge in [0, 0.05) is 25.7 Å². The molecule has 2 unspecified atom stereocenters. The Balaban J connectivity index is 2.00. The van der Waals surface area contributed by atoms with Gasteiger partial charge < -0.3 is 19.9 Å². The molecule has 0 spiro atoms. The van der Waals surface area contributed by atoms with Gasteiger partial charge in [0.15, 0.2) is 0 Å². The lowest BCUT2D eigenvalue weighted by Gasteiger charge is -2.42. The van der Waals surface area contributed by atoms with Crippen molar-refractivity contribution in [2.75, 3.05) is 47.4 Å². The van der Waals surface area contributed by atoms with Crippen LogP contribution in [0.4, 0.5) is 0 Å². The van der Waals surface area contributed by atoms with E-state index in [-0.39, 0.29) is 5.97 Å². The zero-order valence-electron chi connectivity index (χ0n) is 12.4. The van der Waals surface area contributed by atoms with Gasteiger partial charge in [-0.2, -0.15) is 0 Å². The van der Waals surface area contributed by atoms with Crippen LogP contribution in [0.15, 0.2) is 0 Å². The number of methoxy groups -OCH3 is 1. The summed E-state index contributed by atoms with van der Waals surface area (Å²) in [6, 6.07) is 0.555. The van der Waals surface area contributed by atoms with Crippen molar-refractivity contribution in [3.8, 4) is 0 Å². The van der Waals surface area contributed by atoms with Gasteiger partial charge in [-0.3, -0.25) is 4.79 Å². The second kappa shape index (κ2) is 6.20. The van der Waals surface area contributed by atoms with Crippen LogP contribution in [0.25, 0.3) is 0 Å². The zero-order valence-corrected chi connectivity index (χ0v) is 12.4. The standard InChI is InChI=1S/C14H27N3O2/c1-16(2)10-7-15-14(13(18)19-3)6-9-17-8-4-5-12(17)11-14/h12,15H,4-11H2,1-3H3. The Morgan fingerprint density at radius 1 is 1.47 bits per heavy atom. The molecule has 19 heavy (non-hydrogen) atoms. The second-order valence-corrected chi connectivity index (χ2v) is 6.09. The number of esters is 1. The number of nitrogens with one attached hydrogen (secondary N) is 1. The average molecular weight is 269 g/mol. The fraction of sp³-hybridized carbons (Fsp3) is 0.929. The number of carbonyl (C=O) groups is 1. The largest absolute Gasteiger partial charge is 0.468 e. The molecule has 0 radical (unpaired) electrons. The van der Waals surface area contributed by atoms with Crippen LogP contribution in [-0.4, -0.2) is 74.7 Å². The van der Waals surface area contributed by atoms with Gasteiger partial charge in [0.2, 0.25) is 0 Å². The molecule has 0 aromatic heterocycles. The van der Waals surface area contributed by atoms with Crippen molar-refractivity contribution in [1.82, 2.24) is 15.1 Å². The summed E-state index contributed by atoms with van der Waals surface area (Å²) in [6.07, 6.45) is 4.24. The van der Waals surface area contributed by atoms with Crippen molar-refractivity contribution < 1.29 is 9.53 Å². The molecule has 2 atom stereocenters. The number of hydrogen-bond acceptors (Lipinski definition) is 5. The molecule has 0 aliphatic carbocycles. The van der Waals surface area contributed by atoms with Crippen molar-refractivity contribution in [2.24, 2.45) is 0 Å². The molecule has 0 aromatic carbocycles.